The Kier molecular flexibility index (Phi) is 15.1. The molecule has 2 unspecified atom stereocenters. The predicted octanol–water partition coefficient (Wildman–Crippen LogP) is 4.02. The summed E-state index contributed by atoms with van der Waals surface area (Å²) < 4.78 is 11.4. The van der Waals surface area contributed by atoms with Crippen LogP contribution in [0.15, 0.2) is 23.2 Å². The van der Waals surface area contributed by atoms with E-state index in [-0.39, 0.29) is 42.0 Å². The fourth-order valence-electron chi connectivity index (χ4n) is 2.66. The van der Waals surface area contributed by atoms with Crippen molar-refractivity contribution in [3.63, 3.8) is 0 Å². The second kappa shape index (κ2) is 16.0. The van der Waals surface area contributed by atoms with E-state index in [4.69, 9.17) is 9.47 Å². The molecule has 1 aromatic rings. The highest BCUT2D eigenvalue weighted by Crippen LogP contribution is 2.30. The van der Waals surface area contributed by atoms with E-state index in [1.54, 1.807) is 0 Å². The Labute approximate surface area is 198 Å². The molecule has 0 heterocycles. The summed E-state index contributed by atoms with van der Waals surface area (Å²) in [6.45, 7) is 14.4. The molecule has 8 heteroatoms. The highest BCUT2D eigenvalue weighted by Gasteiger charge is 2.13. The predicted molar refractivity (Wildman–Crippen MR) is 134 cm³/mol. The summed E-state index contributed by atoms with van der Waals surface area (Å²) in [5.41, 5.74) is 1.07. The third-order valence-electron chi connectivity index (χ3n) is 4.39. The molecule has 0 fully saturated rings. The number of carbonyl (C=O) groups excluding carboxylic acids is 1. The van der Waals surface area contributed by atoms with Gasteiger partial charge >= 0.3 is 0 Å². The number of benzene rings is 1. The molecule has 0 radical (unpaired) electrons. The fourth-order valence-corrected chi connectivity index (χ4v) is 2.66. The van der Waals surface area contributed by atoms with Crippen molar-refractivity contribution in [2.24, 2.45) is 4.99 Å². The van der Waals surface area contributed by atoms with E-state index >= 15 is 0 Å². The molecule has 0 saturated carbocycles. The summed E-state index contributed by atoms with van der Waals surface area (Å²) in [5.74, 6) is 2.20. The van der Waals surface area contributed by atoms with E-state index in [1.165, 1.54) is 0 Å². The number of guanidine groups is 1. The number of aliphatic imine (C=N–C) groups is 1. The summed E-state index contributed by atoms with van der Waals surface area (Å²) in [7, 11) is 0. The molecule has 0 bridgehead atoms. The number of hydrogen-bond donors (Lipinski definition) is 3. The van der Waals surface area contributed by atoms with Crippen LogP contribution >= 0.6 is 24.0 Å². The first kappa shape index (κ1) is 28.3. The van der Waals surface area contributed by atoms with Gasteiger partial charge in [0.2, 0.25) is 5.91 Å². The van der Waals surface area contributed by atoms with Crippen molar-refractivity contribution in [3.05, 3.63) is 23.8 Å². The van der Waals surface area contributed by atoms with Crippen molar-refractivity contribution < 1.29 is 14.3 Å². The minimum absolute atomic E-state index is 0. The number of rotatable bonds is 12. The van der Waals surface area contributed by atoms with Gasteiger partial charge in [-0.1, -0.05) is 13.0 Å². The maximum atomic E-state index is 11.9. The highest BCUT2D eigenvalue weighted by atomic mass is 127. The molecule has 0 aliphatic heterocycles. The van der Waals surface area contributed by atoms with Crippen LogP contribution < -0.4 is 25.4 Å². The van der Waals surface area contributed by atoms with Crippen LogP contribution in [0.25, 0.3) is 0 Å². The summed E-state index contributed by atoms with van der Waals surface area (Å²) in [6, 6.07) is 6.16. The summed E-state index contributed by atoms with van der Waals surface area (Å²) in [5, 5.41) is 9.58. The lowest BCUT2D eigenvalue weighted by Gasteiger charge is -2.20. The van der Waals surface area contributed by atoms with Crippen LogP contribution in [-0.4, -0.2) is 44.2 Å². The van der Waals surface area contributed by atoms with Crippen molar-refractivity contribution in [1.29, 1.82) is 0 Å². The van der Waals surface area contributed by atoms with E-state index in [1.807, 2.05) is 45.9 Å². The Morgan fingerprint density at radius 2 is 1.70 bits per heavy atom. The zero-order valence-corrected chi connectivity index (χ0v) is 21.5. The second-order valence-electron chi connectivity index (χ2n) is 6.83. The Hall–Kier alpha value is -1.71. The number of carbonyl (C=O) groups is 1. The van der Waals surface area contributed by atoms with Crippen LogP contribution in [-0.2, 0) is 4.79 Å². The molecule has 0 saturated heterocycles. The summed E-state index contributed by atoms with van der Waals surface area (Å²) in [4.78, 5) is 16.5. The average molecular weight is 534 g/mol. The molecular weight excluding hydrogens is 495 g/mol. The first-order valence-corrected chi connectivity index (χ1v) is 10.7. The van der Waals surface area contributed by atoms with Gasteiger partial charge in [0.15, 0.2) is 17.5 Å². The summed E-state index contributed by atoms with van der Waals surface area (Å²) in [6.07, 6.45) is 1.29. The van der Waals surface area contributed by atoms with Gasteiger partial charge in [-0.15, -0.1) is 24.0 Å². The Morgan fingerprint density at radius 1 is 1.03 bits per heavy atom. The van der Waals surface area contributed by atoms with Crippen LogP contribution in [0, 0.1) is 0 Å². The standard InChI is InChI=1S/C22H38N4O3.HI/c1-7-16(5)25-21(27)13-14-24-22(23-8-2)26-17(6)18-11-12-19(28-9-3)20(15-18)29-10-4;/h11-12,15-17H,7-10,13-14H2,1-6H3,(H,25,27)(H2,23,24,26);1H. The number of amides is 1. The zero-order valence-electron chi connectivity index (χ0n) is 19.2. The zero-order chi connectivity index (χ0) is 21.6. The number of nitrogens with zero attached hydrogens (tertiary/aromatic N) is 1. The minimum Gasteiger partial charge on any atom is -0.490 e. The molecule has 0 aliphatic carbocycles. The summed E-state index contributed by atoms with van der Waals surface area (Å²) >= 11 is 0. The van der Waals surface area contributed by atoms with Crippen LogP contribution in [0.1, 0.15) is 66.0 Å². The van der Waals surface area contributed by atoms with E-state index in [9.17, 15) is 4.79 Å². The van der Waals surface area contributed by atoms with Gasteiger partial charge in [0.25, 0.3) is 0 Å². The van der Waals surface area contributed by atoms with Gasteiger partial charge in [-0.2, -0.15) is 0 Å². The maximum Gasteiger partial charge on any atom is 0.222 e. The Bertz CT molecular complexity index is 655. The lowest BCUT2D eigenvalue weighted by Crippen LogP contribution is -2.39. The lowest BCUT2D eigenvalue weighted by atomic mass is 10.1. The monoisotopic (exact) mass is 534 g/mol. The van der Waals surface area contributed by atoms with Crippen molar-refractivity contribution in [2.75, 3.05) is 26.3 Å². The highest BCUT2D eigenvalue weighted by molar-refractivity contribution is 14.0. The second-order valence-corrected chi connectivity index (χ2v) is 6.83. The molecule has 0 spiro atoms. The van der Waals surface area contributed by atoms with Gasteiger partial charge < -0.3 is 25.4 Å². The largest absolute Gasteiger partial charge is 0.490 e. The van der Waals surface area contributed by atoms with E-state index < -0.39 is 0 Å². The molecule has 1 rings (SSSR count). The van der Waals surface area contributed by atoms with Gasteiger partial charge in [-0.25, -0.2) is 0 Å². The van der Waals surface area contributed by atoms with Crippen molar-refractivity contribution in [3.8, 4) is 11.5 Å². The fraction of sp³-hybridized carbons (Fsp3) is 0.636. The number of hydrogen-bond acceptors (Lipinski definition) is 4. The maximum absolute atomic E-state index is 11.9. The Morgan fingerprint density at radius 3 is 2.30 bits per heavy atom. The molecule has 3 N–H and O–H groups in total. The molecular formula is C22H39IN4O3. The van der Waals surface area contributed by atoms with Crippen LogP contribution in [0.3, 0.4) is 0 Å². The molecule has 1 aromatic carbocycles. The Balaban J connectivity index is 0.00000841. The number of ether oxygens (including phenoxy) is 2. The normalized spacial score (nSPS) is 12.9. The van der Waals surface area contributed by atoms with E-state index in [0.717, 1.165) is 30.0 Å². The van der Waals surface area contributed by atoms with Gasteiger partial charge in [-0.3, -0.25) is 9.79 Å². The molecule has 2 atom stereocenters. The van der Waals surface area contributed by atoms with E-state index in [2.05, 4.69) is 34.8 Å². The van der Waals surface area contributed by atoms with Gasteiger partial charge in [0, 0.05) is 19.0 Å². The van der Waals surface area contributed by atoms with Crippen LogP contribution in [0.4, 0.5) is 0 Å². The SMILES string of the molecule is CCNC(=NCCC(=O)NC(C)CC)NC(C)c1ccc(OCC)c(OCC)c1.I. The van der Waals surface area contributed by atoms with Gasteiger partial charge in [-0.05, 0) is 58.7 Å². The van der Waals surface area contributed by atoms with Crippen molar-refractivity contribution in [2.45, 2.75) is 66.5 Å². The first-order chi connectivity index (χ1) is 13.9. The van der Waals surface area contributed by atoms with Gasteiger partial charge in [0.1, 0.15) is 0 Å². The van der Waals surface area contributed by atoms with Crippen molar-refractivity contribution in [1.82, 2.24) is 16.0 Å². The lowest BCUT2D eigenvalue weighted by molar-refractivity contribution is -0.121. The first-order valence-electron chi connectivity index (χ1n) is 10.7. The van der Waals surface area contributed by atoms with Gasteiger partial charge in [0.05, 0.1) is 25.8 Å². The number of nitrogens with one attached hydrogen (secondary N) is 3. The topological polar surface area (TPSA) is 84.0 Å². The third kappa shape index (κ3) is 10.4. The third-order valence-corrected chi connectivity index (χ3v) is 4.39. The number of halogens is 1. The van der Waals surface area contributed by atoms with Crippen LogP contribution in [0.2, 0.25) is 0 Å². The van der Waals surface area contributed by atoms with Crippen molar-refractivity contribution >= 4 is 35.8 Å². The van der Waals surface area contributed by atoms with E-state index in [0.29, 0.717) is 32.1 Å². The molecule has 1 amide bonds. The quantitative estimate of drug-likeness (QED) is 0.214. The molecule has 172 valence electrons. The average Bonchev–Trinajstić information content (AvgIpc) is 2.69. The molecule has 30 heavy (non-hydrogen) atoms. The minimum atomic E-state index is 0. The molecule has 0 aromatic heterocycles. The molecule has 7 nitrogen and oxygen atoms in total. The smallest absolute Gasteiger partial charge is 0.222 e. The van der Waals surface area contributed by atoms with Crippen LogP contribution in [0.5, 0.6) is 11.5 Å². The molecule has 0 aliphatic rings.